The minimum absolute atomic E-state index is 0.134. The molecular weight excluding hydrogens is 202 g/mol. The van der Waals surface area contributed by atoms with Crippen LogP contribution in [0.3, 0.4) is 0 Å². The van der Waals surface area contributed by atoms with Crippen LogP contribution in [-0.2, 0) is 9.84 Å². The lowest BCUT2D eigenvalue weighted by Gasteiger charge is -2.02. The molecule has 14 heavy (non-hydrogen) atoms. The first-order valence-corrected chi connectivity index (χ1v) is 5.98. The maximum atomic E-state index is 11.5. The van der Waals surface area contributed by atoms with Gasteiger partial charge in [0.25, 0.3) is 0 Å². The molecule has 78 valence electrons. The number of hydrogen-bond acceptors (Lipinski definition) is 5. The van der Waals surface area contributed by atoms with Crippen LogP contribution in [-0.4, -0.2) is 31.2 Å². The van der Waals surface area contributed by atoms with E-state index in [1.54, 1.807) is 7.05 Å². The number of rotatable bonds is 4. The molecule has 1 N–H and O–H groups in total. The standard InChI is InChI=1S/C8H13N3O2S/c1-3-4-14(12,13)7-5-10-8(9-2)11-6-7/h5-6H,3-4H2,1-2H3,(H,9,10,11). The van der Waals surface area contributed by atoms with Crippen LogP contribution in [0.25, 0.3) is 0 Å². The Morgan fingerprint density at radius 1 is 1.36 bits per heavy atom. The Morgan fingerprint density at radius 3 is 2.36 bits per heavy atom. The summed E-state index contributed by atoms with van der Waals surface area (Å²) in [5, 5.41) is 2.72. The number of hydrogen-bond donors (Lipinski definition) is 1. The van der Waals surface area contributed by atoms with E-state index >= 15 is 0 Å². The van der Waals surface area contributed by atoms with E-state index in [1.165, 1.54) is 12.4 Å². The zero-order valence-corrected chi connectivity index (χ0v) is 9.00. The first-order chi connectivity index (χ1) is 6.60. The lowest BCUT2D eigenvalue weighted by molar-refractivity contribution is 0.594. The quantitative estimate of drug-likeness (QED) is 0.800. The third-order valence-electron chi connectivity index (χ3n) is 1.68. The molecule has 0 amide bonds. The average Bonchev–Trinajstić information content (AvgIpc) is 2.18. The predicted molar refractivity (Wildman–Crippen MR) is 53.9 cm³/mol. The summed E-state index contributed by atoms with van der Waals surface area (Å²) < 4.78 is 23.1. The fraction of sp³-hybridized carbons (Fsp3) is 0.500. The average molecular weight is 215 g/mol. The van der Waals surface area contributed by atoms with Gasteiger partial charge in [-0.3, -0.25) is 0 Å². The molecule has 0 fully saturated rings. The van der Waals surface area contributed by atoms with Gasteiger partial charge in [-0.15, -0.1) is 0 Å². The molecule has 0 atom stereocenters. The van der Waals surface area contributed by atoms with Gasteiger partial charge in [-0.05, 0) is 6.42 Å². The molecule has 0 aliphatic heterocycles. The highest BCUT2D eigenvalue weighted by Crippen LogP contribution is 2.10. The summed E-state index contributed by atoms with van der Waals surface area (Å²) in [5.41, 5.74) is 0. The van der Waals surface area contributed by atoms with Gasteiger partial charge >= 0.3 is 0 Å². The second-order valence-corrected chi connectivity index (χ2v) is 4.92. The van der Waals surface area contributed by atoms with Crippen molar-refractivity contribution < 1.29 is 8.42 Å². The predicted octanol–water partition coefficient (Wildman–Crippen LogP) is 0.702. The van der Waals surface area contributed by atoms with E-state index in [4.69, 9.17) is 0 Å². The minimum atomic E-state index is -3.19. The largest absolute Gasteiger partial charge is 0.357 e. The SMILES string of the molecule is CCCS(=O)(=O)c1cnc(NC)nc1. The van der Waals surface area contributed by atoms with Crippen molar-refractivity contribution in [3.63, 3.8) is 0 Å². The van der Waals surface area contributed by atoms with Gasteiger partial charge in [0, 0.05) is 7.05 Å². The number of nitrogens with zero attached hydrogens (tertiary/aromatic N) is 2. The molecule has 0 spiro atoms. The second-order valence-electron chi connectivity index (χ2n) is 2.81. The van der Waals surface area contributed by atoms with Crippen molar-refractivity contribution in [2.75, 3.05) is 18.1 Å². The monoisotopic (exact) mass is 215 g/mol. The second kappa shape index (κ2) is 4.36. The minimum Gasteiger partial charge on any atom is -0.357 e. The van der Waals surface area contributed by atoms with Gasteiger partial charge < -0.3 is 5.32 Å². The Labute approximate surface area is 83.5 Å². The topological polar surface area (TPSA) is 72.0 Å². The number of aromatic nitrogens is 2. The highest BCUT2D eigenvalue weighted by molar-refractivity contribution is 7.91. The molecule has 6 heteroatoms. The molecule has 0 unspecified atom stereocenters. The van der Waals surface area contributed by atoms with Gasteiger partial charge in [0.15, 0.2) is 9.84 Å². The molecule has 1 aromatic heterocycles. The van der Waals surface area contributed by atoms with Crippen molar-refractivity contribution in [3.05, 3.63) is 12.4 Å². The van der Waals surface area contributed by atoms with Gasteiger partial charge in [-0.2, -0.15) is 0 Å². The Balaban J connectivity index is 2.97. The van der Waals surface area contributed by atoms with Crippen LogP contribution in [0.15, 0.2) is 17.3 Å². The number of nitrogens with one attached hydrogen (secondary N) is 1. The maximum Gasteiger partial charge on any atom is 0.222 e. The summed E-state index contributed by atoms with van der Waals surface area (Å²) in [7, 11) is -1.51. The summed E-state index contributed by atoms with van der Waals surface area (Å²) in [6, 6.07) is 0. The van der Waals surface area contributed by atoms with Gasteiger partial charge in [-0.1, -0.05) is 6.92 Å². The van der Waals surface area contributed by atoms with E-state index in [0.717, 1.165) is 0 Å². The molecule has 0 bridgehead atoms. The summed E-state index contributed by atoms with van der Waals surface area (Å²) in [4.78, 5) is 7.87. The van der Waals surface area contributed by atoms with Crippen LogP contribution in [0.5, 0.6) is 0 Å². The summed E-state index contributed by atoms with van der Waals surface area (Å²) in [6.45, 7) is 1.82. The van der Waals surface area contributed by atoms with Crippen LogP contribution < -0.4 is 5.32 Å². The summed E-state index contributed by atoms with van der Waals surface area (Å²) in [5.74, 6) is 0.551. The molecule has 0 saturated carbocycles. The van der Waals surface area contributed by atoms with Gasteiger partial charge in [0.1, 0.15) is 4.90 Å². The maximum absolute atomic E-state index is 11.5. The van der Waals surface area contributed by atoms with Crippen molar-refractivity contribution in [2.45, 2.75) is 18.2 Å². The van der Waals surface area contributed by atoms with Crippen molar-refractivity contribution in [1.82, 2.24) is 9.97 Å². The summed E-state index contributed by atoms with van der Waals surface area (Å²) >= 11 is 0. The molecule has 1 rings (SSSR count). The normalized spacial score (nSPS) is 11.3. The zero-order chi connectivity index (χ0) is 10.6. The van der Waals surface area contributed by atoms with Crippen LogP contribution in [0.2, 0.25) is 0 Å². The third kappa shape index (κ3) is 2.41. The van der Waals surface area contributed by atoms with E-state index in [1.807, 2.05) is 6.92 Å². The molecule has 0 aliphatic rings. The molecule has 0 aliphatic carbocycles. The number of sulfone groups is 1. The van der Waals surface area contributed by atoms with Crippen LogP contribution in [0.1, 0.15) is 13.3 Å². The molecule has 1 aromatic rings. The Kier molecular flexibility index (Phi) is 3.40. The highest BCUT2D eigenvalue weighted by atomic mass is 32.2. The van der Waals surface area contributed by atoms with Crippen LogP contribution in [0.4, 0.5) is 5.95 Å². The third-order valence-corrected chi connectivity index (χ3v) is 3.56. The zero-order valence-electron chi connectivity index (χ0n) is 8.19. The molecule has 5 nitrogen and oxygen atoms in total. The number of anilines is 1. The molecule has 0 radical (unpaired) electrons. The fourth-order valence-electron chi connectivity index (χ4n) is 0.992. The lowest BCUT2D eigenvalue weighted by atomic mass is 10.6. The Bertz CT molecular complexity index is 386. The van der Waals surface area contributed by atoms with Gasteiger partial charge in [0.05, 0.1) is 18.1 Å². The van der Waals surface area contributed by atoms with Gasteiger partial charge in [0.2, 0.25) is 5.95 Å². The Hall–Kier alpha value is -1.17. The van der Waals surface area contributed by atoms with Crippen molar-refractivity contribution in [2.24, 2.45) is 0 Å². The first-order valence-electron chi connectivity index (χ1n) is 4.32. The van der Waals surface area contributed by atoms with E-state index in [2.05, 4.69) is 15.3 Å². The molecule has 0 aromatic carbocycles. The van der Waals surface area contributed by atoms with Crippen molar-refractivity contribution in [3.8, 4) is 0 Å². The van der Waals surface area contributed by atoms with Gasteiger partial charge in [-0.25, -0.2) is 18.4 Å². The van der Waals surface area contributed by atoms with Crippen molar-refractivity contribution in [1.29, 1.82) is 0 Å². The van der Waals surface area contributed by atoms with E-state index < -0.39 is 9.84 Å². The van der Waals surface area contributed by atoms with E-state index in [9.17, 15) is 8.42 Å². The fourth-order valence-corrected chi connectivity index (χ4v) is 2.19. The van der Waals surface area contributed by atoms with Crippen LogP contribution in [0, 0.1) is 0 Å². The molecule has 1 heterocycles. The first kappa shape index (κ1) is 10.9. The van der Waals surface area contributed by atoms with E-state index in [-0.39, 0.29) is 10.6 Å². The van der Waals surface area contributed by atoms with E-state index in [0.29, 0.717) is 12.4 Å². The van der Waals surface area contributed by atoms with Crippen molar-refractivity contribution >= 4 is 15.8 Å². The Morgan fingerprint density at radius 2 is 1.93 bits per heavy atom. The van der Waals surface area contributed by atoms with Crippen LogP contribution >= 0.6 is 0 Å². The molecular formula is C8H13N3O2S. The molecule has 0 saturated heterocycles. The summed E-state index contributed by atoms with van der Waals surface area (Å²) in [6.07, 6.45) is 3.24. The smallest absolute Gasteiger partial charge is 0.222 e. The lowest BCUT2D eigenvalue weighted by Crippen LogP contribution is -2.07. The highest BCUT2D eigenvalue weighted by Gasteiger charge is 2.13.